The Labute approximate surface area is 103 Å². The third kappa shape index (κ3) is 1.60. The van der Waals surface area contributed by atoms with E-state index in [1.807, 2.05) is 24.3 Å². The number of aliphatic hydroxyl groups excluding tert-OH is 1. The Hall–Kier alpha value is -2.14. The number of nitrogens with one attached hydrogen (secondary N) is 1. The van der Waals surface area contributed by atoms with E-state index in [0.29, 0.717) is 24.0 Å². The second kappa shape index (κ2) is 4.27. The standard InChI is InChI=1S/C13H13N3O2/c17-7-3-6-16-8-14-11-9-4-1-2-5-10(9)15-12(11)13(16)18/h1-2,4-5,8,15,17H,3,6-7H2. The van der Waals surface area contributed by atoms with Crippen LogP contribution < -0.4 is 5.56 Å². The van der Waals surface area contributed by atoms with Gasteiger partial charge in [-0.1, -0.05) is 18.2 Å². The first-order chi connectivity index (χ1) is 8.81. The average molecular weight is 243 g/mol. The highest BCUT2D eigenvalue weighted by atomic mass is 16.3. The smallest absolute Gasteiger partial charge is 0.277 e. The van der Waals surface area contributed by atoms with Crippen LogP contribution in [0.15, 0.2) is 35.4 Å². The summed E-state index contributed by atoms with van der Waals surface area (Å²) in [7, 11) is 0. The molecule has 0 radical (unpaired) electrons. The van der Waals surface area contributed by atoms with Crippen molar-refractivity contribution in [1.29, 1.82) is 0 Å². The first-order valence-electron chi connectivity index (χ1n) is 5.88. The highest BCUT2D eigenvalue weighted by molar-refractivity contribution is 6.04. The van der Waals surface area contributed by atoms with Gasteiger partial charge in [-0.2, -0.15) is 0 Å². The maximum Gasteiger partial charge on any atom is 0.277 e. The Morgan fingerprint density at radius 3 is 3.00 bits per heavy atom. The summed E-state index contributed by atoms with van der Waals surface area (Å²) in [6.07, 6.45) is 2.09. The molecule has 3 rings (SSSR count). The Kier molecular flexibility index (Phi) is 2.60. The third-order valence-electron chi connectivity index (χ3n) is 3.04. The molecule has 5 heteroatoms. The molecule has 2 N–H and O–H groups in total. The van der Waals surface area contributed by atoms with Gasteiger partial charge in [-0.05, 0) is 12.5 Å². The molecule has 0 spiro atoms. The summed E-state index contributed by atoms with van der Waals surface area (Å²) in [6.45, 7) is 0.546. The normalized spacial score (nSPS) is 11.4. The molecule has 0 unspecified atom stereocenters. The first kappa shape index (κ1) is 11.0. The zero-order chi connectivity index (χ0) is 12.5. The van der Waals surface area contributed by atoms with E-state index >= 15 is 0 Å². The molecule has 2 aromatic heterocycles. The van der Waals surface area contributed by atoms with Gasteiger partial charge in [0.25, 0.3) is 5.56 Å². The molecule has 0 atom stereocenters. The molecule has 0 saturated carbocycles. The molecule has 0 aliphatic rings. The van der Waals surface area contributed by atoms with Crippen LogP contribution in [0.25, 0.3) is 21.9 Å². The average Bonchev–Trinajstić information content (AvgIpc) is 2.78. The zero-order valence-electron chi connectivity index (χ0n) is 9.76. The molecular weight excluding hydrogens is 230 g/mol. The fraction of sp³-hybridized carbons (Fsp3) is 0.231. The fourth-order valence-corrected chi connectivity index (χ4v) is 2.14. The van der Waals surface area contributed by atoms with Crippen LogP contribution >= 0.6 is 0 Å². The number of nitrogens with zero attached hydrogens (tertiary/aromatic N) is 2. The third-order valence-corrected chi connectivity index (χ3v) is 3.04. The van der Waals surface area contributed by atoms with E-state index in [2.05, 4.69) is 9.97 Å². The van der Waals surface area contributed by atoms with Crippen molar-refractivity contribution in [1.82, 2.24) is 14.5 Å². The van der Waals surface area contributed by atoms with Gasteiger partial charge < -0.3 is 10.1 Å². The Morgan fingerprint density at radius 2 is 2.17 bits per heavy atom. The molecule has 0 bridgehead atoms. The number of benzene rings is 1. The van der Waals surface area contributed by atoms with Gasteiger partial charge in [0.05, 0.1) is 6.33 Å². The summed E-state index contributed by atoms with van der Waals surface area (Å²) in [5, 5.41) is 9.76. The van der Waals surface area contributed by atoms with Gasteiger partial charge in [-0.15, -0.1) is 0 Å². The van der Waals surface area contributed by atoms with Gasteiger partial charge in [0, 0.05) is 24.1 Å². The lowest BCUT2D eigenvalue weighted by molar-refractivity contribution is 0.279. The van der Waals surface area contributed by atoms with Crippen LogP contribution in [0.2, 0.25) is 0 Å². The van der Waals surface area contributed by atoms with Crippen molar-refractivity contribution in [2.45, 2.75) is 13.0 Å². The fourth-order valence-electron chi connectivity index (χ4n) is 2.14. The van der Waals surface area contributed by atoms with E-state index in [1.54, 1.807) is 6.33 Å². The van der Waals surface area contributed by atoms with E-state index in [4.69, 9.17) is 5.11 Å². The number of hydrogen-bond donors (Lipinski definition) is 2. The predicted octanol–water partition coefficient (Wildman–Crippen LogP) is 1.26. The van der Waals surface area contributed by atoms with Gasteiger partial charge in [-0.25, -0.2) is 4.98 Å². The number of hydrogen-bond acceptors (Lipinski definition) is 3. The number of aryl methyl sites for hydroxylation is 1. The van der Waals surface area contributed by atoms with Crippen LogP contribution in [0.1, 0.15) is 6.42 Å². The van der Waals surface area contributed by atoms with E-state index in [9.17, 15) is 4.79 Å². The van der Waals surface area contributed by atoms with Crippen molar-refractivity contribution in [3.05, 3.63) is 40.9 Å². The minimum Gasteiger partial charge on any atom is -0.396 e. The van der Waals surface area contributed by atoms with Crippen LogP contribution in [0.5, 0.6) is 0 Å². The molecule has 0 aliphatic heterocycles. The SMILES string of the molecule is O=c1c2[nH]c3ccccc3c2ncn1CCCO. The first-order valence-corrected chi connectivity index (χ1v) is 5.88. The second-order valence-corrected chi connectivity index (χ2v) is 4.21. The number of rotatable bonds is 3. The van der Waals surface area contributed by atoms with Crippen LogP contribution in [0, 0.1) is 0 Å². The monoisotopic (exact) mass is 243 g/mol. The molecule has 3 aromatic rings. The molecule has 0 amide bonds. The van der Waals surface area contributed by atoms with Crippen LogP contribution in [-0.2, 0) is 6.54 Å². The van der Waals surface area contributed by atoms with Gasteiger partial charge >= 0.3 is 0 Å². The Bertz CT molecular complexity index is 758. The van der Waals surface area contributed by atoms with Crippen molar-refractivity contribution < 1.29 is 5.11 Å². The minimum absolute atomic E-state index is 0.0666. The van der Waals surface area contributed by atoms with Gasteiger partial charge in [0.2, 0.25) is 0 Å². The quantitative estimate of drug-likeness (QED) is 0.727. The highest BCUT2D eigenvalue weighted by Gasteiger charge is 2.09. The van der Waals surface area contributed by atoms with Crippen molar-refractivity contribution in [3.8, 4) is 0 Å². The van der Waals surface area contributed by atoms with Crippen LogP contribution in [-0.4, -0.2) is 26.2 Å². The minimum atomic E-state index is -0.0929. The lowest BCUT2D eigenvalue weighted by Crippen LogP contribution is -2.21. The number of aromatic amines is 1. The van der Waals surface area contributed by atoms with Gasteiger partial charge in [-0.3, -0.25) is 9.36 Å². The predicted molar refractivity (Wildman–Crippen MR) is 69.6 cm³/mol. The summed E-state index contributed by atoms with van der Waals surface area (Å²) < 4.78 is 1.52. The Balaban J connectivity index is 2.26. The summed E-state index contributed by atoms with van der Waals surface area (Å²) in [6, 6.07) is 7.71. The summed E-state index contributed by atoms with van der Waals surface area (Å²) in [4.78, 5) is 19.7. The molecule has 92 valence electrons. The lowest BCUT2D eigenvalue weighted by atomic mass is 10.2. The highest BCUT2D eigenvalue weighted by Crippen LogP contribution is 2.20. The summed E-state index contributed by atoms with van der Waals surface area (Å²) >= 11 is 0. The number of aliphatic hydroxyl groups is 1. The number of fused-ring (bicyclic) bond motifs is 3. The number of para-hydroxylation sites is 1. The topological polar surface area (TPSA) is 70.9 Å². The van der Waals surface area contributed by atoms with Gasteiger partial charge in [0.1, 0.15) is 11.0 Å². The number of aromatic nitrogens is 3. The van der Waals surface area contributed by atoms with Crippen LogP contribution in [0.4, 0.5) is 0 Å². The largest absolute Gasteiger partial charge is 0.396 e. The zero-order valence-corrected chi connectivity index (χ0v) is 9.76. The van der Waals surface area contributed by atoms with Crippen molar-refractivity contribution >= 4 is 21.9 Å². The van der Waals surface area contributed by atoms with Crippen molar-refractivity contribution in [2.24, 2.45) is 0 Å². The van der Waals surface area contributed by atoms with Gasteiger partial charge in [0.15, 0.2) is 0 Å². The second-order valence-electron chi connectivity index (χ2n) is 4.21. The van der Waals surface area contributed by atoms with Crippen molar-refractivity contribution in [2.75, 3.05) is 6.61 Å². The van der Waals surface area contributed by atoms with Crippen LogP contribution in [0.3, 0.4) is 0 Å². The van der Waals surface area contributed by atoms with Crippen molar-refractivity contribution in [3.63, 3.8) is 0 Å². The maximum absolute atomic E-state index is 12.2. The maximum atomic E-state index is 12.2. The molecule has 5 nitrogen and oxygen atoms in total. The lowest BCUT2D eigenvalue weighted by Gasteiger charge is -2.02. The molecule has 18 heavy (non-hydrogen) atoms. The number of H-pyrrole nitrogens is 1. The van der Waals surface area contributed by atoms with E-state index in [-0.39, 0.29) is 12.2 Å². The van der Waals surface area contributed by atoms with E-state index < -0.39 is 0 Å². The summed E-state index contributed by atoms with van der Waals surface area (Å²) in [5.74, 6) is 0. The Morgan fingerprint density at radius 1 is 1.33 bits per heavy atom. The molecular formula is C13H13N3O2. The molecule has 2 heterocycles. The summed E-state index contributed by atoms with van der Waals surface area (Å²) in [5.41, 5.74) is 2.05. The van der Waals surface area contributed by atoms with E-state index in [0.717, 1.165) is 10.9 Å². The van der Waals surface area contributed by atoms with E-state index in [1.165, 1.54) is 4.57 Å². The molecule has 0 aliphatic carbocycles. The molecule has 0 saturated heterocycles. The molecule has 1 aromatic carbocycles. The molecule has 0 fully saturated rings.